The minimum absolute atomic E-state index is 0.0788. The third kappa shape index (κ3) is 8.36. The van der Waals surface area contributed by atoms with Gasteiger partial charge < -0.3 is 20.0 Å². The van der Waals surface area contributed by atoms with Crippen LogP contribution in [0.25, 0.3) is 0 Å². The summed E-state index contributed by atoms with van der Waals surface area (Å²) >= 11 is 0. The monoisotopic (exact) mass is 219 g/mol. The molecule has 0 heterocycles. The van der Waals surface area contributed by atoms with Crippen molar-refractivity contribution in [2.75, 3.05) is 6.61 Å². The van der Waals surface area contributed by atoms with Gasteiger partial charge in [-0.25, -0.2) is 0 Å². The van der Waals surface area contributed by atoms with Crippen molar-refractivity contribution in [2.45, 2.75) is 12.6 Å². The first-order chi connectivity index (χ1) is 5.52. The predicted octanol–water partition coefficient (Wildman–Crippen LogP) is -0.542. The molecule has 0 aliphatic carbocycles. The van der Waals surface area contributed by atoms with Gasteiger partial charge in [0.1, 0.15) is 6.23 Å². The molecule has 0 aromatic carbocycles. The van der Waals surface area contributed by atoms with Gasteiger partial charge in [0.25, 0.3) is 0 Å². The zero-order valence-corrected chi connectivity index (χ0v) is 8.10. The summed E-state index contributed by atoms with van der Waals surface area (Å²) in [6.07, 6.45) is -0.851. The highest BCUT2D eigenvalue weighted by Crippen LogP contribution is 2.19. The number of hydrogen-bond donors (Lipinski definition) is 3. The first-order valence-corrected chi connectivity index (χ1v) is 5.56. The molecule has 0 bridgehead atoms. The van der Waals surface area contributed by atoms with Gasteiger partial charge in [-0.1, -0.05) is 0 Å². The van der Waals surface area contributed by atoms with E-state index in [1.165, 1.54) is 0 Å². The van der Waals surface area contributed by atoms with Crippen molar-refractivity contribution in [3.05, 3.63) is 0 Å². The van der Waals surface area contributed by atoms with Gasteiger partial charge in [-0.3, -0.25) is 13.7 Å². The second kappa shape index (κ2) is 6.74. The zero-order chi connectivity index (χ0) is 9.56. The lowest BCUT2D eigenvalue weighted by atomic mass is 10.4. The summed E-state index contributed by atoms with van der Waals surface area (Å²) < 4.78 is 28.5. The molecule has 3 atom stereocenters. The Kier molecular flexibility index (Phi) is 6.89. The van der Waals surface area contributed by atoms with Gasteiger partial charge in [-0.15, -0.1) is 0 Å². The van der Waals surface area contributed by atoms with Crippen LogP contribution in [0.3, 0.4) is 0 Å². The second-order valence-electron chi connectivity index (χ2n) is 1.83. The van der Waals surface area contributed by atoms with Gasteiger partial charge >= 0.3 is 16.5 Å². The average Bonchev–Trinajstić information content (AvgIpc) is 1.84. The summed E-state index contributed by atoms with van der Waals surface area (Å²) in [5.41, 5.74) is 5.15. The van der Waals surface area contributed by atoms with Crippen molar-refractivity contribution < 1.29 is 28.0 Å². The lowest BCUT2D eigenvalue weighted by Crippen LogP contribution is -2.22. The van der Waals surface area contributed by atoms with Crippen LogP contribution in [-0.2, 0) is 18.2 Å². The molecule has 0 amide bonds. The van der Waals surface area contributed by atoms with E-state index in [4.69, 9.17) is 15.5 Å². The van der Waals surface area contributed by atoms with Crippen LogP contribution >= 0.6 is 16.5 Å². The fraction of sp³-hybridized carbons (Fsp3) is 1.00. The third-order valence-corrected chi connectivity index (χ3v) is 1.84. The largest absolute Gasteiger partial charge is 0.326 e. The molecule has 0 aliphatic heterocycles. The fourth-order valence-corrected chi connectivity index (χ4v) is 1.12. The van der Waals surface area contributed by atoms with Crippen LogP contribution in [-0.4, -0.2) is 22.6 Å². The summed E-state index contributed by atoms with van der Waals surface area (Å²) in [5.74, 6) is 0. The summed E-state index contributed by atoms with van der Waals surface area (Å²) in [4.78, 5) is 16.4. The predicted molar refractivity (Wildman–Crippen MR) is 42.1 cm³/mol. The standard InChI is InChI=1S/C3H11NO6P2/c4-3(10-12(7)8)1-2-9-11(5)6/h3,11-12H,1-2,4H2,(H,5,6)(H,7,8). The van der Waals surface area contributed by atoms with Gasteiger partial charge in [-0.05, 0) is 0 Å². The van der Waals surface area contributed by atoms with E-state index < -0.39 is 22.7 Å². The maximum Gasteiger partial charge on any atom is 0.318 e. The van der Waals surface area contributed by atoms with E-state index in [0.29, 0.717) is 0 Å². The third-order valence-electron chi connectivity index (χ3n) is 0.880. The highest BCUT2D eigenvalue weighted by molar-refractivity contribution is 7.32. The molecule has 9 heteroatoms. The first kappa shape index (κ1) is 12.3. The molecule has 74 valence electrons. The smallest absolute Gasteiger partial charge is 0.318 e. The molecule has 0 fully saturated rings. The summed E-state index contributed by atoms with van der Waals surface area (Å²) in [6.45, 7) is -0.0788. The Bertz CT molecular complexity index is 174. The quantitative estimate of drug-likeness (QED) is 0.405. The van der Waals surface area contributed by atoms with E-state index >= 15 is 0 Å². The lowest BCUT2D eigenvalue weighted by Gasteiger charge is -2.08. The van der Waals surface area contributed by atoms with Crippen molar-refractivity contribution >= 4 is 16.5 Å². The Morgan fingerprint density at radius 2 is 1.92 bits per heavy atom. The fourth-order valence-electron chi connectivity index (χ4n) is 0.451. The molecule has 0 radical (unpaired) electrons. The Labute approximate surface area is 70.4 Å². The molecule has 7 nitrogen and oxygen atoms in total. The van der Waals surface area contributed by atoms with Crippen molar-refractivity contribution in [1.29, 1.82) is 0 Å². The molecule has 0 aliphatic rings. The van der Waals surface area contributed by atoms with E-state index in [2.05, 4.69) is 9.05 Å². The van der Waals surface area contributed by atoms with Crippen molar-refractivity contribution in [1.82, 2.24) is 0 Å². The first-order valence-electron chi connectivity index (χ1n) is 3.03. The average molecular weight is 219 g/mol. The van der Waals surface area contributed by atoms with Gasteiger partial charge in [0.15, 0.2) is 0 Å². The maximum atomic E-state index is 10.0. The molecule has 3 unspecified atom stereocenters. The van der Waals surface area contributed by atoms with E-state index in [-0.39, 0.29) is 13.0 Å². The van der Waals surface area contributed by atoms with Crippen LogP contribution in [0.1, 0.15) is 6.42 Å². The summed E-state index contributed by atoms with van der Waals surface area (Å²) in [5, 5.41) is 0. The van der Waals surface area contributed by atoms with E-state index in [1.54, 1.807) is 0 Å². The normalized spacial score (nSPS) is 18.6. The molecule has 0 saturated carbocycles. The topological polar surface area (TPSA) is 119 Å². The van der Waals surface area contributed by atoms with Crippen LogP contribution in [0.2, 0.25) is 0 Å². The Morgan fingerprint density at radius 3 is 2.33 bits per heavy atom. The highest BCUT2D eigenvalue weighted by Gasteiger charge is 2.05. The van der Waals surface area contributed by atoms with E-state index in [0.717, 1.165) is 0 Å². The molecule has 12 heavy (non-hydrogen) atoms. The molecular weight excluding hydrogens is 208 g/mol. The minimum atomic E-state index is -3.05. The SMILES string of the molecule is NC(CCO[PH](=O)O)O[PH](=O)O. The molecule has 0 aromatic rings. The highest BCUT2D eigenvalue weighted by atomic mass is 31.1. The van der Waals surface area contributed by atoms with Gasteiger partial charge in [-0.2, -0.15) is 0 Å². The van der Waals surface area contributed by atoms with E-state index in [9.17, 15) is 9.13 Å². The lowest BCUT2D eigenvalue weighted by molar-refractivity contribution is 0.157. The van der Waals surface area contributed by atoms with E-state index in [1.807, 2.05) is 0 Å². The number of rotatable bonds is 6. The Morgan fingerprint density at radius 1 is 1.33 bits per heavy atom. The molecule has 0 rings (SSSR count). The molecule has 0 saturated heterocycles. The van der Waals surface area contributed by atoms with Crippen LogP contribution in [0, 0.1) is 0 Å². The van der Waals surface area contributed by atoms with Gasteiger partial charge in [0.2, 0.25) is 0 Å². The molecular formula is C3H11NO6P2. The number of hydrogen-bond acceptors (Lipinski definition) is 5. The summed E-state index contributed by atoms with van der Waals surface area (Å²) in [7, 11) is -6.00. The molecule has 0 aromatic heterocycles. The van der Waals surface area contributed by atoms with Crippen molar-refractivity contribution in [3.8, 4) is 0 Å². The maximum absolute atomic E-state index is 10.0. The van der Waals surface area contributed by atoms with Crippen LogP contribution in [0.4, 0.5) is 0 Å². The van der Waals surface area contributed by atoms with Crippen molar-refractivity contribution in [3.63, 3.8) is 0 Å². The van der Waals surface area contributed by atoms with Gasteiger partial charge in [0, 0.05) is 6.42 Å². The Hall–Kier alpha value is 0.260. The Balaban J connectivity index is 3.37. The molecule has 0 spiro atoms. The molecule has 4 N–H and O–H groups in total. The van der Waals surface area contributed by atoms with Crippen LogP contribution < -0.4 is 5.73 Å². The van der Waals surface area contributed by atoms with Gasteiger partial charge in [0.05, 0.1) is 6.61 Å². The summed E-state index contributed by atoms with van der Waals surface area (Å²) in [6, 6.07) is 0. The number of nitrogens with two attached hydrogens (primary N) is 1. The van der Waals surface area contributed by atoms with Crippen LogP contribution in [0.5, 0.6) is 0 Å². The zero-order valence-electron chi connectivity index (χ0n) is 6.10. The second-order valence-corrected chi connectivity index (χ2v) is 3.41. The van der Waals surface area contributed by atoms with Crippen LogP contribution in [0.15, 0.2) is 0 Å². The minimum Gasteiger partial charge on any atom is -0.326 e. The van der Waals surface area contributed by atoms with Crippen molar-refractivity contribution in [2.24, 2.45) is 5.73 Å².